The summed E-state index contributed by atoms with van der Waals surface area (Å²) in [6, 6.07) is 19.1. The molecule has 2 aromatic rings. The maximum absolute atomic E-state index is 5.55. The Labute approximate surface area is 197 Å². The van der Waals surface area contributed by atoms with Gasteiger partial charge in [-0.15, -0.1) is 24.0 Å². The van der Waals surface area contributed by atoms with Gasteiger partial charge in [0.1, 0.15) is 5.75 Å². The number of nitrogens with one attached hydrogen (secondary N) is 2. The number of methoxy groups -OCH3 is 1. The molecule has 1 fully saturated rings. The zero-order chi connectivity index (χ0) is 20.5. The van der Waals surface area contributed by atoms with Crippen LogP contribution in [-0.2, 0) is 4.74 Å². The van der Waals surface area contributed by atoms with E-state index in [-0.39, 0.29) is 36.1 Å². The molecule has 2 aromatic carbocycles. The smallest absolute Gasteiger partial charge is 0.191 e. The highest BCUT2D eigenvalue weighted by molar-refractivity contribution is 14.0. The third-order valence-electron chi connectivity index (χ3n) is 5.33. The molecule has 1 heterocycles. The first kappa shape index (κ1) is 24.4. The van der Waals surface area contributed by atoms with Gasteiger partial charge in [0, 0.05) is 26.7 Å². The Balaban J connectivity index is 0.00000320. The van der Waals surface area contributed by atoms with E-state index in [0.29, 0.717) is 0 Å². The molecule has 0 radical (unpaired) electrons. The molecule has 3 rings (SSSR count). The number of nitrogens with zero attached hydrogens (tertiary/aromatic N) is 2. The Bertz CT molecular complexity index is 765. The Morgan fingerprint density at radius 2 is 1.73 bits per heavy atom. The SMILES string of the molecule is CN=C(NCC(c1ccc(OC)cc1)N1CCOCC1)NC(C)c1ccccc1.I. The maximum atomic E-state index is 5.55. The molecule has 2 unspecified atom stereocenters. The molecule has 0 saturated carbocycles. The zero-order valence-corrected chi connectivity index (χ0v) is 20.3. The number of benzene rings is 2. The minimum absolute atomic E-state index is 0. The standard InChI is InChI=1S/C23H32N4O2.HI/c1-18(19-7-5-4-6-8-19)26-23(24-2)25-17-22(27-13-15-29-16-14-27)20-9-11-21(28-3)12-10-20;/h4-12,18,22H,13-17H2,1-3H3,(H2,24,25,26);1H. The fourth-order valence-corrected chi connectivity index (χ4v) is 3.59. The Hall–Kier alpha value is -1.84. The molecular formula is C23H33IN4O2. The molecule has 2 N–H and O–H groups in total. The van der Waals surface area contributed by atoms with Crippen molar-refractivity contribution < 1.29 is 9.47 Å². The van der Waals surface area contributed by atoms with Crippen molar-refractivity contribution >= 4 is 29.9 Å². The predicted octanol–water partition coefficient (Wildman–Crippen LogP) is 3.61. The summed E-state index contributed by atoms with van der Waals surface area (Å²) in [5.74, 6) is 1.67. The molecule has 1 saturated heterocycles. The van der Waals surface area contributed by atoms with Gasteiger partial charge in [-0.3, -0.25) is 9.89 Å². The lowest BCUT2D eigenvalue weighted by molar-refractivity contribution is 0.0170. The van der Waals surface area contributed by atoms with E-state index in [1.165, 1.54) is 11.1 Å². The van der Waals surface area contributed by atoms with Crippen LogP contribution in [0.15, 0.2) is 59.6 Å². The number of guanidine groups is 1. The third kappa shape index (κ3) is 6.85. The summed E-state index contributed by atoms with van der Waals surface area (Å²) in [6.45, 7) is 6.28. The van der Waals surface area contributed by atoms with E-state index < -0.39 is 0 Å². The van der Waals surface area contributed by atoms with Crippen LogP contribution in [0.4, 0.5) is 0 Å². The average Bonchev–Trinajstić information content (AvgIpc) is 2.80. The molecule has 0 aromatic heterocycles. The third-order valence-corrected chi connectivity index (χ3v) is 5.33. The van der Waals surface area contributed by atoms with Gasteiger partial charge in [-0.1, -0.05) is 42.5 Å². The van der Waals surface area contributed by atoms with Crippen molar-refractivity contribution in [3.63, 3.8) is 0 Å². The molecule has 0 amide bonds. The lowest BCUT2D eigenvalue weighted by Crippen LogP contribution is -2.46. The second-order valence-electron chi connectivity index (χ2n) is 7.17. The second kappa shape index (κ2) is 12.8. The first-order valence-corrected chi connectivity index (χ1v) is 10.2. The highest BCUT2D eigenvalue weighted by Crippen LogP contribution is 2.23. The summed E-state index contributed by atoms with van der Waals surface area (Å²) in [4.78, 5) is 6.89. The molecule has 2 atom stereocenters. The second-order valence-corrected chi connectivity index (χ2v) is 7.17. The van der Waals surface area contributed by atoms with E-state index in [4.69, 9.17) is 9.47 Å². The normalized spacial score (nSPS) is 16.8. The largest absolute Gasteiger partial charge is 0.497 e. The van der Waals surface area contributed by atoms with Crippen LogP contribution < -0.4 is 15.4 Å². The van der Waals surface area contributed by atoms with E-state index in [1.54, 1.807) is 7.11 Å². The highest BCUT2D eigenvalue weighted by Gasteiger charge is 2.23. The van der Waals surface area contributed by atoms with Crippen molar-refractivity contribution in [3.05, 3.63) is 65.7 Å². The summed E-state index contributed by atoms with van der Waals surface area (Å²) in [7, 11) is 3.50. The van der Waals surface area contributed by atoms with E-state index in [1.807, 2.05) is 25.2 Å². The van der Waals surface area contributed by atoms with E-state index in [9.17, 15) is 0 Å². The van der Waals surface area contributed by atoms with Crippen molar-refractivity contribution in [3.8, 4) is 5.75 Å². The van der Waals surface area contributed by atoms with Gasteiger partial charge in [-0.25, -0.2) is 0 Å². The van der Waals surface area contributed by atoms with Gasteiger partial charge in [0.15, 0.2) is 5.96 Å². The maximum Gasteiger partial charge on any atom is 0.191 e. The minimum Gasteiger partial charge on any atom is -0.497 e. The number of halogens is 1. The summed E-state index contributed by atoms with van der Waals surface area (Å²) < 4.78 is 10.9. The lowest BCUT2D eigenvalue weighted by atomic mass is 10.0. The Morgan fingerprint density at radius 1 is 1.07 bits per heavy atom. The molecule has 30 heavy (non-hydrogen) atoms. The van der Waals surface area contributed by atoms with Crippen LogP contribution >= 0.6 is 24.0 Å². The van der Waals surface area contributed by atoms with Crippen LogP contribution in [0.2, 0.25) is 0 Å². The van der Waals surface area contributed by atoms with Gasteiger partial charge in [-0.05, 0) is 30.2 Å². The van der Waals surface area contributed by atoms with Crippen LogP contribution in [0.1, 0.15) is 30.1 Å². The van der Waals surface area contributed by atoms with Crippen LogP contribution in [0, 0.1) is 0 Å². The number of hydrogen-bond acceptors (Lipinski definition) is 4. The van der Waals surface area contributed by atoms with E-state index in [0.717, 1.165) is 44.6 Å². The van der Waals surface area contributed by atoms with Crippen molar-refractivity contribution in [2.75, 3.05) is 47.0 Å². The molecule has 7 heteroatoms. The van der Waals surface area contributed by atoms with E-state index in [2.05, 4.69) is 63.8 Å². The van der Waals surface area contributed by atoms with Crippen molar-refractivity contribution in [2.45, 2.75) is 19.0 Å². The van der Waals surface area contributed by atoms with Crippen molar-refractivity contribution in [2.24, 2.45) is 4.99 Å². The number of aliphatic imine (C=N–C) groups is 1. The van der Waals surface area contributed by atoms with Gasteiger partial charge < -0.3 is 20.1 Å². The summed E-state index contributed by atoms with van der Waals surface area (Å²) in [6.07, 6.45) is 0. The zero-order valence-electron chi connectivity index (χ0n) is 18.0. The number of ether oxygens (including phenoxy) is 2. The summed E-state index contributed by atoms with van der Waals surface area (Å²) >= 11 is 0. The Morgan fingerprint density at radius 3 is 2.33 bits per heavy atom. The number of morpholine rings is 1. The topological polar surface area (TPSA) is 58.1 Å². The van der Waals surface area contributed by atoms with Crippen LogP contribution in [0.5, 0.6) is 5.75 Å². The fraction of sp³-hybridized carbons (Fsp3) is 0.435. The van der Waals surface area contributed by atoms with Gasteiger partial charge in [-0.2, -0.15) is 0 Å². The average molecular weight is 524 g/mol. The molecule has 1 aliphatic heterocycles. The molecule has 1 aliphatic rings. The molecule has 0 aliphatic carbocycles. The van der Waals surface area contributed by atoms with Crippen LogP contribution in [0.25, 0.3) is 0 Å². The van der Waals surface area contributed by atoms with Crippen LogP contribution in [-0.4, -0.2) is 57.9 Å². The van der Waals surface area contributed by atoms with Gasteiger partial charge in [0.05, 0.1) is 32.4 Å². The molecule has 0 bridgehead atoms. The number of rotatable bonds is 7. The highest BCUT2D eigenvalue weighted by atomic mass is 127. The monoisotopic (exact) mass is 524 g/mol. The summed E-state index contributed by atoms with van der Waals surface area (Å²) in [5.41, 5.74) is 2.49. The Kier molecular flexibility index (Phi) is 10.4. The van der Waals surface area contributed by atoms with Crippen molar-refractivity contribution in [1.29, 1.82) is 0 Å². The van der Waals surface area contributed by atoms with Gasteiger partial charge >= 0.3 is 0 Å². The van der Waals surface area contributed by atoms with E-state index >= 15 is 0 Å². The van der Waals surface area contributed by atoms with Crippen LogP contribution in [0.3, 0.4) is 0 Å². The lowest BCUT2D eigenvalue weighted by Gasteiger charge is -2.35. The predicted molar refractivity (Wildman–Crippen MR) is 133 cm³/mol. The fourth-order valence-electron chi connectivity index (χ4n) is 3.59. The van der Waals surface area contributed by atoms with Crippen molar-refractivity contribution in [1.82, 2.24) is 15.5 Å². The minimum atomic E-state index is 0. The van der Waals surface area contributed by atoms with Gasteiger partial charge in [0.25, 0.3) is 0 Å². The first-order chi connectivity index (χ1) is 14.2. The molecule has 0 spiro atoms. The summed E-state index contributed by atoms with van der Waals surface area (Å²) in [5, 5.41) is 7.01. The molecule has 164 valence electrons. The molecule has 6 nitrogen and oxygen atoms in total. The molecular weight excluding hydrogens is 491 g/mol. The van der Waals surface area contributed by atoms with Gasteiger partial charge in [0.2, 0.25) is 0 Å². The first-order valence-electron chi connectivity index (χ1n) is 10.2. The quantitative estimate of drug-likeness (QED) is 0.330. The number of hydrogen-bond donors (Lipinski definition) is 2.